The zero-order chi connectivity index (χ0) is 15.4. The highest BCUT2D eigenvalue weighted by Crippen LogP contribution is 2.20. The first-order chi connectivity index (χ1) is 10.7. The monoisotopic (exact) mass is 301 g/mol. The first kappa shape index (κ1) is 14.6. The van der Waals surface area contributed by atoms with E-state index in [1.807, 2.05) is 31.2 Å². The molecule has 1 aromatic heterocycles. The van der Waals surface area contributed by atoms with Crippen LogP contribution in [0, 0.1) is 5.92 Å². The second kappa shape index (κ2) is 6.65. The third-order valence-corrected chi connectivity index (χ3v) is 3.97. The summed E-state index contributed by atoms with van der Waals surface area (Å²) in [7, 11) is 0. The first-order valence-corrected chi connectivity index (χ1v) is 7.46. The molecule has 1 saturated heterocycles. The van der Waals surface area contributed by atoms with Crippen LogP contribution in [-0.2, 0) is 9.53 Å². The van der Waals surface area contributed by atoms with E-state index in [4.69, 9.17) is 4.74 Å². The molecule has 0 aliphatic carbocycles. The molecule has 22 heavy (non-hydrogen) atoms. The maximum atomic E-state index is 12.2. The minimum Gasteiger partial charge on any atom is -0.381 e. The van der Waals surface area contributed by atoms with E-state index in [0.29, 0.717) is 19.0 Å². The summed E-state index contributed by atoms with van der Waals surface area (Å²) in [6.07, 6.45) is 1.60. The number of hydrogen-bond donors (Lipinski definition) is 2. The van der Waals surface area contributed by atoms with Crippen molar-refractivity contribution in [1.82, 2.24) is 25.9 Å². The van der Waals surface area contributed by atoms with Gasteiger partial charge < -0.3 is 10.1 Å². The van der Waals surface area contributed by atoms with Crippen LogP contribution in [0.5, 0.6) is 0 Å². The van der Waals surface area contributed by atoms with Crippen molar-refractivity contribution < 1.29 is 9.53 Å². The number of benzene rings is 1. The predicted molar refractivity (Wildman–Crippen MR) is 79.7 cm³/mol. The van der Waals surface area contributed by atoms with Crippen LogP contribution in [0.1, 0.15) is 31.4 Å². The highest BCUT2D eigenvalue weighted by Gasteiger charge is 2.22. The average molecular weight is 301 g/mol. The molecule has 2 aromatic rings. The van der Waals surface area contributed by atoms with E-state index in [9.17, 15) is 4.79 Å². The van der Waals surface area contributed by atoms with Crippen molar-refractivity contribution in [2.45, 2.75) is 25.8 Å². The van der Waals surface area contributed by atoms with E-state index in [2.05, 4.69) is 25.9 Å². The summed E-state index contributed by atoms with van der Waals surface area (Å²) in [6.45, 7) is 3.33. The SMILES string of the molecule is C[C@H](NC(=O)C1CCOCC1)c1ccc(-c2nn[nH]n2)cc1. The zero-order valence-corrected chi connectivity index (χ0v) is 12.5. The van der Waals surface area contributed by atoms with E-state index >= 15 is 0 Å². The standard InChI is InChI=1S/C15H19N5O2/c1-10(16-15(21)13-6-8-22-9-7-13)11-2-4-12(5-3-11)14-17-19-20-18-14/h2-5,10,13H,6-9H2,1H3,(H,16,21)(H,17,18,19,20)/t10-/m0/s1. The van der Waals surface area contributed by atoms with Crippen molar-refractivity contribution in [1.29, 1.82) is 0 Å². The Labute approximate surface area is 128 Å². The van der Waals surface area contributed by atoms with Gasteiger partial charge in [0.1, 0.15) is 0 Å². The molecule has 2 heterocycles. The average Bonchev–Trinajstić information content (AvgIpc) is 3.10. The minimum absolute atomic E-state index is 0.0327. The molecular formula is C15H19N5O2. The number of amides is 1. The number of aromatic amines is 1. The topological polar surface area (TPSA) is 92.8 Å². The van der Waals surface area contributed by atoms with Gasteiger partial charge in [-0.25, -0.2) is 0 Å². The lowest BCUT2D eigenvalue weighted by molar-refractivity contribution is -0.128. The molecule has 3 rings (SSSR count). The van der Waals surface area contributed by atoms with Crippen molar-refractivity contribution in [3.05, 3.63) is 29.8 Å². The van der Waals surface area contributed by atoms with Crippen molar-refractivity contribution in [3.63, 3.8) is 0 Å². The van der Waals surface area contributed by atoms with Crippen LogP contribution >= 0.6 is 0 Å². The van der Waals surface area contributed by atoms with Gasteiger partial charge in [-0.15, -0.1) is 10.2 Å². The molecule has 0 radical (unpaired) electrons. The molecule has 0 saturated carbocycles. The van der Waals surface area contributed by atoms with Gasteiger partial charge in [-0.1, -0.05) is 24.3 Å². The maximum Gasteiger partial charge on any atom is 0.223 e. The number of rotatable bonds is 4. The Morgan fingerprint density at radius 2 is 2.05 bits per heavy atom. The lowest BCUT2D eigenvalue weighted by Crippen LogP contribution is -2.35. The Bertz CT molecular complexity index is 605. The Kier molecular flexibility index (Phi) is 4.43. The number of carbonyl (C=O) groups is 1. The molecule has 0 unspecified atom stereocenters. The highest BCUT2D eigenvalue weighted by molar-refractivity contribution is 5.79. The fourth-order valence-electron chi connectivity index (χ4n) is 2.58. The summed E-state index contributed by atoms with van der Waals surface area (Å²) >= 11 is 0. The number of nitrogens with zero attached hydrogens (tertiary/aromatic N) is 3. The number of H-pyrrole nitrogens is 1. The quantitative estimate of drug-likeness (QED) is 0.892. The summed E-state index contributed by atoms with van der Waals surface area (Å²) in [5.41, 5.74) is 1.94. The van der Waals surface area contributed by atoms with E-state index in [-0.39, 0.29) is 17.9 Å². The third-order valence-electron chi connectivity index (χ3n) is 3.97. The van der Waals surface area contributed by atoms with Crippen molar-refractivity contribution in [2.75, 3.05) is 13.2 Å². The molecule has 1 amide bonds. The Morgan fingerprint density at radius 3 is 2.68 bits per heavy atom. The van der Waals surface area contributed by atoms with Gasteiger partial charge in [0.2, 0.25) is 11.7 Å². The molecule has 7 heteroatoms. The van der Waals surface area contributed by atoms with E-state index in [1.54, 1.807) is 0 Å². The number of nitrogens with one attached hydrogen (secondary N) is 2. The van der Waals surface area contributed by atoms with E-state index < -0.39 is 0 Å². The molecule has 0 bridgehead atoms. The Hall–Kier alpha value is -2.28. The van der Waals surface area contributed by atoms with Crippen LogP contribution in [0.15, 0.2) is 24.3 Å². The normalized spacial score (nSPS) is 17.1. The van der Waals surface area contributed by atoms with Gasteiger partial charge in [-0.05, 0) is 30.5 Å². The van der Waals surface area contributed by atoms with Gasteiger partial charge in [-0.3, -0.25) is 4.79 Å². The highest BCUT2D eigenvalue weighted by atomic mass is 16.5. The van der Waals surface area contributed by atoms with Gasteiger partial charge in [0.25, 0.3) is 0 Å². The second-order valence-electron chi connectivity index (χ2n) is 5.47. The Morgan fingerprint density at radius 1 is 1.32 bits per heavy atom. The summed E-state index contributed by atoms with van der Waals surface area (Å²) < 4.78 is 5.29. The van der Waals surface area contributed by atoms with E-state index in [0.717, 1.165) is 24.0 Å². The number of aromatic nitrogens is 4. The molecule has 1 aromatic carbocycles. The van der Waals surface area contributed by atoms with Crippen LogP contribution in [0.25, 0.3) is 11.4 Å². The lowest BCUT2D eigenvalue weighted by Gasteiger charge is -2.23. The van der Waals surface area contributed by atoms with Crippen LogP contribution in [0.2, 0.25) is 0 Å². The molecule has 2 N–H and O–H groups in total. The number of hydrogen-bond acceptors (Lipinski definition) is 5. The molecule has 0 spiro atoms. The van der Waals surface area contributed by atoms with Crippen molar-refractivity contribution >= 4 is 5.91 Å². The molecule has 1 atom stereocenters. The number of carbonyl (C=O) groups excluding carboxylic acids is 1. The van der Waals surface area contributed by atoms with Gasteiger partial charge >= 0.3 is 0 Å². The van der Waals surface area contributed by atoms with Crippen LogP contribution in [-0.4, -0.2) is 39.7 Å². The predicted octanol–water partition coefficient (Wildman–Crippen LogP) is 1.47. The van der Waals surface area contributed by atoms with Crippen LogP contribution < -0.4 is 5.32 Å². The second-order valence-corrected chi connectivity index (χ2v) is 5.47. The summed E-state index contributed by atoms with van der Waals surface area (Å²) in [5.74, 6) is 0.735. The van der Waals surface area contributed by atoms with Crippen LogP contribution in [0.3, 0.4) is 0 Å². The molecule has 116 valence electrons. The summed E-state index contributed by atoms with van der Waals surface area (Å²) in [5, 5.41) is 16.9. The summed E-state index contributed by atoms with van der Waals surface area (Å²) in [6, 6.07) is 7.77. The smallest absolute Gasteiger partial charge is 0.223 e. The van der Waals surface area contributed by atoms with Gasteiger partial charge in [-0.2, -0.15) is 5.21 Å². The fourth-order valence-corrected chi connectivity index (χ4v) is 2.58. The third kappa shape index (κ3) is 3.30. The zero-order valence-electron chi connectivity index (χ0n) is 12.5. The molecule has 1 fully saturated rings. The number of ether oxygens (including phenoxy) is 1. The maximum absolute atomic E-state index is 12.2. The van der Waals surface area contributed by atoms with Gasteiger partial charge in [0.05, 0.1) is 6.04 Å². The minimum atomic E-state index is -0.0327. The largest absolute Gasteiger partial charge is 0.381 e. The molecule has 1 aliphatic rings. The van der Waals surface area contributed by atoms with Gasteiger partial charge in [0, 0.05) is 24.7 Å². The Balaban J connectivity index is 1.62. The number of tetrazole rings is 1. The van der Waals surface area contributed by atoms with Crippen LogP contribution in [0.4, 0.5) is 0 Å². The first-order valence-electron chi connectivity index (χ1n) is 7.46. The molecular weight excluding hydrogens is 282 g/mol. The van der Waals surface area contributed by atoms with Crippen molar-refractivity contribution in [3.8, 4) is 11.4 Å². The lowest BCUT2D eigenvalue weighted by atomic mass is 9.98. The van der Waals surface area contributed by atoms with Gasteiger partial charge in [0.15, 0.2) is 0 Å². The molecule has 1 aliphatic heterocycles. The van der Waals surface area contributed by atoms with Crippen molar-refractivity contribution in [2.24, 2.45) is 5.92 Å². The fraction of sp³-hybridized carbons (Fsp3) is 0.467. The van der Waals surface area contributed by atoms with E-state index in [1.165, 1.54) is 0 Å². The molecule has 7 nitrogen and oxygen atoms in total. The summed E-state index contributed by atoms with van der Waals surface area (Å²) in [4.78, 5) is 12.2.